The molecule has 0 saturated heterocycles. The van der Waals surface area contributed by atoms with Crippen molar-refractivity contribution in [2.24, 2.45) is 0 Å². The van der Waals surface area contributed by atoms with Crippen molar-refractivity contribution in [3.8, 4) is 6.07 Å². The van der Waals surface area contributed by atoms with Crippen LogP contribution in [0.4, 0.5) is 22.0 Å². The molecule has 0 heterocycles. The molecule has 0 N–H and O–H groups in total. The van der Waals surface area contributed by atoms with Crippen molar-refractivity contribution in [1.29, 1.82) is 5.26 Å². The lowest BCUT2D eigenvalue weighted by Crippen LogP contribution is -2.14. The highest BCUT2D eigenvalue weighted by atomic mass is 19.4. The molecule has 0 saturated carbocycles. The minimum Gasteiger partial charge on any atom is -0.466 e. The van der Waals surface area contributed by atoms with Gasteiger partial charge in [-0.15, -0.1) is 0 Å². The molecule has 0 atom stereocenters. The molecule has 0 radical (unpaired) electrons. The lowest BCUT2D eigenvalue weighted by Gasteiger charge is -2.15. The Kier molecular flexibility index (Phi) is 5.24. The summed E-state index contributed by atoms with van der Waals surface area (Å²) in [5.41, 5.74) is -4.07. The first-order chi connectivity index (χ1) is 9.70. The average Bonchev–Trinajstić information content (AvgIpc) is 2.36. The zero-order chi connectivity index (χ0) is 16.2. The maximum atomic E-state index is 12.8. The van der Waals surface area contributed by atoms with Gasteiger partial charge in [-0.1, -0.05) is 0 Å². The second kappa shape index (κ2) is 6.52. The van der Waals surface area contributed by atoms with Crippen molar-refractivity contribution in [3.63, 3.8) is 0 Å². The number of rotatable bonds is 4. The summed E-state index contributed by atoms with van der Waals surface area (Å²) in [6.07, 6.45) is -8.99. The minimum atomic E-state index is -5.08. The number of carbonyl (C=O) groups is 1. The maximum absolute atomic E-state index is 12.8. The van der Waals surface area contributed by atoms with Crippen molar-refractivity contribution < 1.29 is 31.5 Å². The molecule has 8 heteroatoms. The van der Waals surface area contributed by atoms with E-state index in [4.69, 9.17) is 5.26 Å². The van der Waals surface area contributed by atoms with Gasteiger partial charge in [0.05, 0.1) is 30.2 Å². The third-order valence-corrected chi connectivity index (χ3v) is 2.52. The standard InChI is InChI=1S/C13H10F5NO2/c1-2-21-10(20)5-7-3-8(6-19)11(13(16,17)18)9(4-7)12(14)15/h3-4,12H,2,5H2,1H3. The van der Waals surface area contributed by atoms with E-state index in [2.05, 4.69) is 4.74 Å². The first-order valence-corrected chi connectivity index (χ1v) is 5.78. The normalized spacial score (nSPS) is 11.3. The fourth-order valence-corrected chi connectivity index (χ4v) is 1.78. The number of nitriles is 1. The Morgan fingerprint density at radius 1 is 1.38 bits per heavy atom. The van der Waals surface area contributed by atoms with Gasteiger partial charge < -0.3 is 4.74 Å². The van der Waals surface area contributed by atoms with E-state index in [-0.39, 0.29) is 12.2 Å². The van der Waals surface area contributed by atoms with Crippen LogP contribution in [0.3, 0.4) is 0 Å². The first kappa shape index (κ1) is 16.9. The summed E-state index contributed by atoms with van der Waals surface area (Å²) in [4.78, 5) is 11.3. The summed E-state index contributed by atoms with van der Waals surface area (Å²) in [7, 11) is 0. The fourth-order valence-electron chi connectivity index (χ4n) is 1.78. The number of benzene rings is 1. The molecule has 1 aromatic carbocycles. The van der Waals surface area contributed by atoms with Gasteiger partial charge in [0, 0.05) is 5.56 Å². The van der Waals surface area contributed by atoms with Crippen LogP contribution in [0.15, 0.2) is 12.1 Å². The molecule has 114 valence electrons. The summed E-state index contributed by atoms with van der Waals surface area (Å²) >= 11 is 0. The minimum absolute atomic E-state index is 0.0479. The van der Waals surface area contributed by atoms with Gasteiger partial charge in [0.2, 0.25) is 0 Å². The number of esters is 1. The van der Waals surface area contributed by atoms with Crippen LogP contribution in [0.2, 0.25) is 0 Å². The largest absolute Gasteiger partial charge is 0.466 e. The summed E-state index contributed by atoms with van der Waals surface area (Å²) in [6, 6.07) is 2.58. The van der Waals surface area contributed by atoms with Crippen LogP contribution in [-0.2, 0) is 22.1 Å². The molecule has 1 rings (SSSR count). The highest BCUT2D eigenvalue weighted by Gasteiger charge is 2.39. The third kappa shape index (κ3) is 4.15. The number of halogens is 5. The first-order valence-electron chi connectivity index (χ1n) is 5.78. The molecule has 0 aliphatic heterocycles. The predicted molar refractivity (Wildman–Crippen MR) is 61.5 cm³/mol. The number of hydrogen-bond donors (Lipinski definition) is 0. The third-order valence-electron chi connectivity index (χ3n) is 2.52. The van der Waals surface area contributed by atoms with Crippen molar-refractivity contribution in [2.45, 2.75) is 25.9 Å². The van der Waals surface area contributed by atoms with Gasteiger partial charge in [0.1, 0.15) is 0 Å². The van der Waals surface area contributed by atoms with E-state index >= 15 is 0 Å². The van der Waals surface area contributed by atoms with E-state index in [0.29, 0.717) is 6.07 Å². The number of alkyl halides is 5. The Morgan fingerprint density at radius 3 is 2.43 bits per heavy atom. The Labute approximate surface area is 116 Å². The smallest absolute Gasteiger partial charge is 0.418 e. The topological polar surface area (TPSA) is 50.1 Å². The van der Waals surface area contributed by atoms with Crippen molar-refractivity contribution in [2.75, 3.05) is 6.61 Å². The maximum Gasteiger partial charge on any atom is 0.418 e. The summed E-state index contributed by atoms with van der Waals surface area (Å²) in [6.45, 7) is 1.57. The van der Waals surface area contributed by atoms with Gasteiger partial charge >= 0.3 is 12.1 Å². The molecule has 0 unspecified atom stereocenters. The second-order valence-electron chi connectivity index (χ2n) is 4.00. The van der Waals surface area contributed by atoms with Gasteiger partial charge in [-0.25, -0.2) is 8.78 Å². The molecule has 1 aromatic rings. The second-order valence-corrected chi connectivity index (χ2v) is 4.00. The monoisotopic (exact) mass is 307 g/mol. The van der Waals surface area contributed by atoms with E-state index in [1.807, 2.05) is 0 Å². The molecule has 3 nitrogen and oxygen atoms in total. The molecule has 0 aliphatic carbocycles. The molecule has 0 bridgehead atoms. The molecule has 0 fully saturated rings. The van der Waals surface area contributed by atoms with Crippen LogP contribution in [-0.4, -0.2) is 12.6 Å². The summed E-state index contributed by atoms with van der Waals surface area (Å²) < 4.78 is 68.6. The van der Waals surface area contributed by atoms with E-state index in [9.17, 15) is 26.7 Å². The van der Waals surface area contributed by atoms with Crippen molar-refractivity contribution in [1.82, 2.24) is 0 Å². The summed E-state index contributed by atoms with van der Waals surface area (Å²) in [5.74, 6) is -0.777. The molecule has 0 spiro atoms. The van der Waals surface area contributed by atoms with Gasteiger partial charge in [-0.2, -0.15) is 18.4 Å². The molecular formula is C13H10F5NO2. The molecular weight excluding hydrogens is 297 g/mol. The van der Waals surface area contributed by atoms with E-state index in [0.717, 1.165) is 6.07 Å². The summed E-state index contributed by atoms with van der Waals surface area (Å²) in [5, 5.41) is 8.74. The molecule has 21 heavy (non-hydrogen) atoms. The van der Waals surface area contributed by atoms with Gasteiger partial charge in [-0.3, -0.25) is 4.79 Å². The Balaban J connectivity index is 3.38. The van der Waals surface area contributed by atoms with Crippen LogP contribution < -0.4 is 0 Å². The van der Waals surface area contributed by atoms with Crippen molar-refractivity contribution >= 4 is 5.97 Å². The van der Waals surface area contributed by atoms with Crippen LogP contribution in [0.25, 0.3) is 0 Å². The number of ether oxygens (including phenoxy) is 1. The molecule has 0 amide bonds. The van der Waals surface area contributed by atoms with Crippen LogP contribution in [0.1, 0.15) is 35.6 Å². The van der Waals surface area contributed by atoms with Crippen molar-refractivity contribution in [3.05, 3.63) is 34.4 Å². The van der Waals surface area contributed by atoms with Gasteiger partial charge in [0.15, 0.2) is 0 Å². The highest BCUT2D eigenvalue weighted by molar-refractivity contribution is 5.73. The SMILES string of the molecule is CCOC(=O)Cc1cc(C#N)c(C(F)(F)F)c(C(F)F)c1. The predicted octanol–water partition coefficient (Wildman–Crippen LogP) is 3.62. The quantitative estimate of drug-likeness (QED) is 0.630. The van der Waals surface area contributed by atoms with Gasteiger partial charge in [0.25, 0.3) is 6.43 Å². The zero-order valence-corrected chi connectivity index (χ0v) is 10.8. The number of hydrogen-bond acceptors (Lipinski definition) is 3. The van der Waals surface area contributed by atoms with Gasteiger partial charge in [-0.05, 0) is 24.6 Å². The lowest BCUT2D eigenvalue weighted by molar-refractivity contribution is -0.142. The molecule has 0 aliphatic rings. The van der Waals surface area contributed by atoms with E-state index < -0.39 is 41.7 Å². The van der Waals surface area contributed by atoms with Crippen LogP contribution >= 0.6 is 0 Å². The Morgan fingerprint density at radius 2 is 2.00 bits per heavy atom. The Bertz CT molecular complexity index is 575. The fraction of sp³-hybridized carbons (Fsp3) is 0.385. The lowest BCUT2D eigenvalue weighted by atomic mass is 9.96. The van der Waals surface area contributed by atoms with E-state index in [1.54, 1.807) is 0 Å². The molecule has 0 aromatic heterocycles. The number of carbonyl (C=O) groups excluding carboxylic acids is 1. The van der Waals surface area contributed by atoms with E-state index in [1.165, 1.54) is 13.0 Å². The Hall–Kier alpha value is -2.17. The van der Waals surface area contributed by atoms with Crippen LogP contribution in [0, 0.1) is 11.3 Å². The van der Waals surface area contributed by atoms with Crippen LogP contribution in [0.5, 0.6) is 0 Å². The average molecular weight is 307 g/mol. The highest BCUT2D eigenvalue weighted by Crippen LogP contribution is 2.39. The number of nitrogens with zero attached hydrogens (tertiary/aromatic N) is 1. The zero-order valence-electron chi connectivity index (χ0n) is 10.8.